The van der Waals surface area contributed by atoms with Crippen molar-refractivity contribution in [2.75, 3.05) is 24.2 Å². The van der Waals surface area contributed by atoms with Gasteiger partial charge in [0.05, 0.1) is 6.33 Å². The topological polar surface area (TPSA) is 67.7 Å². The number of nitrogens with one attached hydrogen (secondary N) is 2. The Morgan fingerprint density at radius 2 is 2.11 bits per heavy atom. The van der Waals surface area contributed by atoms with E-state index in [0.717, 1.165) is 43.1 Å². The van der Waals surface area contributed by atoms with Crippen LogP contribution >= 0.6 is 0 Å². The molecule has 0 saturated heterocycles. The molecule has 6 heteroatoms. The zero-order valence-corrected chi connectivity index (χ0v) is 11.4. The van der Waals surface area contributed by atoms with Gasteiger partial charge in [-0.2, -0.15) is 0 Å². The lowest BCUT2D eigenvalue weighted by molar-refractivity contribution is 0.723. The van der Waals surface area contributed by atoms with Crippen molar-refractivity contribution in [3.05, 3.63) is 30.6 Å². The van der Waals surface area contributed by atoms with E-state index in [-0.39, 0.29) is 0 Å². The summed E-state index contributed by atoms with van der Waals surface area (Å²) < 4.78 is 2.03. The molecule has 0 spiro atoms. The van der Waals surface area contributed by atoms with Crippen molar-refractivity contribution >= 4 is 11.6 Å². The van der Waals surface area contributed by atoms with Crippen molar-refractivity contribution in [1.29, 1.82) is 0 Å². The summed E-state index contributed by atoms with van der Waals surface area (Å²) in [6.07, 6.45) is 9.17. The largest absolute Gasteiger partial charge is 0.373 e. The highest BCUT2D eigenvalue weighted by molar-refractivity contribution is 5.57. The minimum Gasteiger partial charge on any atom is -0.373 e. The minimum absolute atomic E-state index is 0.813. The summed E-state index contributed by atoms with van der Waals surface area (Å²) in [7, 11) is 1.89. The van der Waals surface area contributed by atoms with Crippen LogP contribution in [0.5, 0.6) is 0 Å². The van der Waals surface area contributed by atoms with Crippen LogP contribution in [-0.2, 0) is 13.0 Å². The first kappa shape index (κ1) is 13.3. The Labute approximate surface area is 113 Å². The Bertz CT molecular complexity index is 494. The second-order valence-corrected chi connectivity index (χ2v) is 4.28. The summed E-state index contributed by atoms with van der Waals surface area (Å²) >= 11 is 0. The number of hydrogen-bond acceptors (Lipinski definition) is 5. The molecular formula is C13H20N6. The second-order valence-electron chi connectivity index (χ2n) is 4.28. The fraction of sp³-hybridized carbons (Fsp3) is 0.462. The van der Waals surface area contributed by atoms with E-state index in [2.05, 4.69) is 32.5 Å². The van der Waals surface area contributed by atoms with Gasteiger partial charge in [0.2, 0.25) is 0 Å². The lowest BCUT2D eigenvalue weighted by atomic mass is 10.1. The molecule has 2 N–H and O–H groups in total. The Kier molecular flexibility index (Phi) is 4.72. The van der Waals surface area contributed by atoms with E-state index in [9.17, 15) is 0 Å². The monoisotopic (exact) mass is 260 g/mol. The molecule has 2 rings (SSSR count). The number of aromatic nitrogens is 4. The molecule has 6 nitrogen and oxygen atoms in total. The van der Waals surface area contributed by atoms with Gasteiger partial charge in [-0.25, -0.2) is 15.0 Å². The molecule has 0 atom stereocenters. The highest BCUT2D eigenvalue weighted by Crippen LogP contribution is 2.20. The summed E-state index contributed by atoms with van der Waals surface area (Å²) in [5.41, 5.74) is 1.15. The van der Waals surface area contributed by atoms with Crippen LogP contribution in [0.15, 0.2) is 25.0 Å². The number of imidazole rings is 1. The van der Waals surface area contributed by atoms with Crippen LogP contribution in [0.1, 0.15) is 18.9 Å². The minimum atomic E-state index is 0.813. The van der Waals surface area contributed by atoms with Crippen molar-refractivity contribution in [2.45, 2.75) is 26.3 Å². The van der Waals surface area contributed by atoms with Crippen LogP contribution in [0, 0.1) is 0 Å². The van der Waals surface area contributed by atoms with Crippen LogP contribution in [0.4, 0.5) is 11.6 Å². The van der Waals surface area contributed by atoms with E-state index < -0.39 is 0 Å². The van der Waals surface area contributed by atoms with Crippen LogP contribution < -0.4 is 10.6 Å². The molecule has 0 unspecified atom stereocenters. The lowest BCUT2D eigenvalue weighted by Gasteiger charge is -2.13. The molecule has 0 aliphatic carbocycles. The third-order valence-corrected chi connectivity index (χ3v) is 2.90. The molecule has 0 fully saturated rings. The molecule has 19 heavy (non-hydrogen) atoms. The number of anilines is 2. The normalized spacial score (nSPS) is 10.4. The van der Waals surface area contributed by atoms with Crippen LogP contribution in [0.2, 0.25) is 0 Å². The lowest BCUT2D eigenvalue weighted by Crippen LogP contribution is -2.13. The zero-order chi connectivity index (χ0) is 13.5. The first-order chi connectivity index (χ1) is 9.35. The van der Waals surface area contributed by atoms with Crippen molar-refractivity contribution in [3.63, 3.8) is 0 Å². The van der Waals surface area contributed by atoms with Crippen molar-refractivity contribution in [2.24, 2.45) is 0 Å². The van der Waals surface area contributed by atoms with E-state index in [1.807, 2.05) is 24.1 Å². The van der Waals surface area contributed by atoms with Crippen LogP contribution in [0.3, 0.4) is 0 Å². The maximum absolute atomic E-state index is 4.34. The first-order valence-electron chi connectivity index (χ1n) is 6.56. The predicted molar refractivity (Wildman–Crippen MR) is 76.3 cm³/mol. The summed E-state index contributed by atoms with van der Waals surface area (Å²) in [6.45, 7) is 3.83. The smallest absolute Gasteiger partial charge is 0.134 e. The summed E-state index contributed by atoms with van der Waals surface area (Å²) in [5, 5.41) is 6.49. The van der Waals surface area contributed by atoms with E-state index in [1.165, 1.54) is 0 Å². The third kappa shape index (κ3) is 3.43. The molecule has 0 aliphatic rings. The molecule has 0 saturated carbocycles. The highest BCUT2D eigenvalue weighted by atomic mass is 15.1. The van der Waals surface area contributed by atoms with Gasteiger partial charge < -0.3 is 15.2 Å². The summed E-state index contributed by atoms with van der Waals surface area (Å²) in [5.74, 6) is 1.82. The molecule has 0 aromatic carbocycles. The van der Waals surface area contributed by atoms with E-state index in [4.69, 9.17) is 0 Å². The summed E-state index contributed by atoms with van der Waals surface area (Å²) in [6, 6.07) is 0. The predicted octanol–water partition coefficient (Wildman–Crippen LogP) is 1.78. The van der Waals surface area contributed by atoms with Gasteiger partial charge in [0, 0.05) is 38.1 Å². The summed E-state index contributed by atoms with van der Waals surface area (Å²) in [4.78, 5) is 12.6. The van der Waals surface area contributed by atoms with Crippen molar-refractivity contribution in [3.8, 4) is 0 Å². The Hall–Kier alpha value is -2.11. The number of hydrogen-bond donors (Lipinski definition) is 2. The SMILES string of the molecule is CCCc1c(NC)ncnc1NCCn1ccnc1. The maximum atomic E-state index is 4.34. The first-order valence-corrected chi connectivity index (χ1v) is 6.56. The molecule has 0 aliphatic heterocycles. The fourth-order valence-electron chi connectivity index (χ4n) is 1.99. The molecule has 0 bridgehead atoms. The highest BCUT2D eigenvalue weighted by Gasteiger charge is 2.08. The van der Waals surface area contributed by atoms with Gasteiger partial charge in [0.15, 0.2) is 0 Å². The van der Waals surface area contributed by atoms with Gasteiger partial charge in [0.1, 0.15) is 18.0 Å². The van der Waals surface area contributed by atoms with Gasteiger partial charge >= 0.3 is 0 Å². The van der Waals surface area contributed by atoms with Gasteiger partial charge in [-0.15, -0.1) is 0 Å². The number of rotatable bonds is 7. The van der Waals surface area contributed by atoms with Gasteiger partial charge in [-0.3, -0.25) is 0 Å². The fourth-order valence-corrected chi connectivity index (χ4v) is 1.99. The van der Waals surface area contributed by atoms with Gasteiger partial charge in [0.25, 0.3) is 0 Å². The molecule has 102 valence electrons. The quantitative estimate of drug-likeness (QED) is 0.794. The van der Waals surface area contributed by atoms with Crippen LogP contribution in [0.25, 0.3) is 0 Å². The molecule has 0 radical (unpaired) electrons. The Morgan fingerprint density at radius 3 is 2.79 bits per heavy atom. The molecular weight excluding hydrogens is 240 g/mol. The van der Waals surface area contributed by atoms with Gasteiger partial charge in [-0.05, 0) is 6.42 Å². The maximum Gasteiger partial charge on any atom is 0.134 e. The van der Waals surface area contributed by atoms with Crippen LogP contribution in [-0.4, -0.2) is 33.1 Å². The molecule has 2 heterocycles. The van der Waals surface area contributed by atoms with Crippen molar-refractivity contribution < 1.29 is 0 Å². The number of nitrogens with zero attached hydrogens (tertiary/aromatic N) is 4. The van der Waals surface area contributed by atoms with Crippen molar-refractivity contribution in [1.82, 2.24) is 19.5 Å². The average molecular weight is 260 g/mol. The molecule has 0 amide bonds. The standard InChI is InChI=1S/C13H20N6/c1-3-4-11-12(14-2)17-9-18-13(11)16-6-8-19-7-5-15-10-19/h5,7,9-10H,3-4,6,8H2,1-2H3,(H2,14,16,17,18). The second kappa shape index (κ2) is 6.72. The Balaban J connectivity index is 2.02. The Morgan fingerprint density at radius 1 is 1.26 bits per heavy atom. The average Bonchev–Trinajstić information content (AvgIpc) is 2.94. The third-order valence-electron chi connectivity index (χ3n) is 2.90. The van der Waals surface area contributed by atoms with E-state index >= 15 is 0 Å². The van der Waals surface area contributed by atoms with E-state index in [0.29, 0.717) is 0 Å². The van der Waals surface area contributed by atoms with Gasteiger partial charge in [-0.1, -0.05) is 13.3 Å². The zero-order valence-electron chi connectivity index (χ0n) is 11.4. The molecule has 2 aromatic heterocycles. The van der Waals surface area contributed by atoms with E-state index in [1.54, 1.807) is 12.5 Å². The molecule has 2 aromatic rings.